The van der Waals surface area contributed by atoms with Crippen LogP contribution < -0.4 is 5.56 Å². The van der Waals surface area contributed by atoms with Gasteiger partial charge in [0.2, 0.25) is 0 Å². The first kappa shape index (κ1) is 19.8. The highest BCUT2D eigenvalue weighted by molar-refractivity contribution is 5.96. The molecule has 0 radical (unpaired) electrons. The third kappa shape index (κ3) is 3.28. The van der Waals surface area contributed by atoms with Crippen LogP contribution in [0.3, 0.4) is 0 Å². The van der Waals surface area contributed by atoms with Gasteiger partial charge in [-0.25, -0.2) is 9.89 Å². The average Bonchev–Trinajstić information content (AvgIpc) is 3.36. The maximum Gasteiger partial charge on any atom is 0.341 e. The molecule has 2 aromatic carbocycles. The Balaban J connectivity index is 1.69. The first-order valence-electron chi connectivity index (χ1n) is 10.4. The molecule has 7 nitrogen and oxygen atoms in total. The third-order valence-electron chi connectivity index (χ3n) is 5.91. The molecule has 0 saturated carbocycles. The van der Waals surface area contributed by atoms with Gasteiger partial charge >= 0.3 is 5.97 Å². The van der Waals surface area contributed by atoms with E-state index in [1.807, 2.05) is 34.9 Å². The molecule has 0 spiro atoms. The van der Waals surface area contributed by atoms with E-state index in [0.717, 1.165) is 22.2 Å². The van der Waals surface area contributed by atoms with Crippen LogP contribution >= 0.6 is 0 Å². The zero-order valence-electron chi connectivity index (χ0n) is 17.8. The third-order valence-corrected chi connectivity index (χ3v) is 5.91. The topological polar surface area (TPSA) is 92.8 Å². The summed E-state index contributed by atoms with van der Waals surface area (Å²) in [6.07, 6.45) is 3.45. The van der Waals surface area contributed by atoms with Crippen LogP contribution in [0, 0.1) is 6.92 Å². The normalized spacial score (nSPS) is 12.3. The minimum Gasteiger partial charge on any atom is -0.465 e. The van der Waals surface area contributed by atoms with Crippen molar-refractivity contribution in [2.75, 3.05) is 7.11 Å². The molecule has 0 amide bonds. The van der Waals surface area contributed by atoms with E-state index in [0.29, 0.717) is 17.8 Å². The standard InChI is InChI=1S/C25H22N4O3/c1-15-22(17-10-6-7-11-21(17)26-15)18(16-8-4-3-5-9-16)12-29-13-19-23(27-28-24(19)30)20(14-29)25(31)32-2/h3-11,13-14,18,26H,12H2,1-2H3,(H,28,30). The van der Waals surface area contributed by atoms with Gasteiger partial charge in [-0.1, -0.05) is 48.5 Å². The van der Waals surface area contributed by atoms with E-state index in [-0.39, 0.29) is 17.0 Å². The van der Waals surface area contributed by atoms with E-state index in [4.69, 9.17) is 4.74 Å². The molecule has 3 heterocycles. The Morgan fingerprint density at radius 3 is 2.62 bits per heavy atom. The number of aromatic nitrogens is 4. The SMILES string of the molecule is COC(=O)c1cn(CC(c2ccccc2)c2c(C)[nH]c3ccccc23)cc2c(=O)[nH]nc1-2. The summed E-state index contributed by atoms with van der Waals surface area (Å²) in [7, 11) is 1.32. The molecule has 160 valence electrons. The zero-order valence-corrected chi connectivity index (χ0v) is 17.8. The quantitative estimate of drug-likeness (QED) is 0.414. The van der Waals surface area contributed by atoms with Crippen LogP contribution in [-0.2, 0) is 11.3 Å². The fourth-order valence-electron chi connectivity index (χ4n) is 4.46. The molecule has 5 rings (SSSR count). The number of H-pyrrole nitrogens is 2. The number of ether oxygens (including phenoxy) is 1. The molecule has 0 fully saturated rings. The molecular formula is C25H22N4O3. The molecule has 0 saturated heterocycles. The molecule has 1 unspecified atom stereocenters. The zero-order chi connectivity index (χ0) is 22.2. The summed E-state index contributed by atoms with van der Waals surface area (Å²) in [5.74, 6) is -0.544. The maximum atomic E-state index is 12.4. The molecule has 3 aromatic rings. The minimum atomic E-state index is -0.532. The van der Waals surface area contributed by atoms with Crippen LogP contribution in [0.15, 0.2) is 71.8 Å². The van der Waals surface area contributed by atoms with Gasteiger partial charge in [-0.05, 0) is 24.1 Å². The van der Waals surface area contributed by atoms with Crippen LogP contribution in [0.2, 0.25) is 0 Å². The molecule has 0 bridgehead atoms. The predicted octanol–water partition coefficient (Wildman–Crippen LogP) is 4.08. The Morgan fingerprint density at radius 2 is 1.84 bits per heavy atom. The smallest absolute Gasteiger partial charge is 0.341 e. The molecule has 0 aliphatic carbocycles. The van der Waals surface area contributed by atoms with Crippen LogP contribution in [0.25, 0.3) is 22.2 Å². The van der Waals surface area contributed by atoms with E-state index in [2.05, 4.69) is 46.4 Å². The number of methoxy groups -OCH3 is 1. The van der Waals surface area contributed by atoms with Crippen molar-refractivity contribution in [1.29, 1.82) is 0 Å². The molecule has 2 N–H and O–H groups in total. The van der Waals surface area contributed by atoms with Crippen molar-refractivity contribution in [3.8, 4) is 11.3 Å². The Morgan fingerprint density at radius 1 is 1.09 bits per heavy atom. The maximum absolute atomic E-state index is 12.4. The number of esters is 1. The largest absolute Gasteiger partial charge is 0.465 e. The number of carbonyl (C=O) groups excluding carboxylic acids is 1. The predicted molar refractivity (Wildman–Crippen MR) is 122 cm³/mol. The fraction of sp³-hybridized carbons (Fsp3) is 0.160. The van der Waals surface area contributed by atoms with Gasteiger partial charge in [0.05, 0.1) is 12.7 Å². The van der Waals surface area contributed by atoms with E-state index in [1.165, 1.54) is 12.7 Å². The van der Waals surface area contributed by atoms with Gasteiger partial charge in [-0.15, -0.1) is 0 Å². The lowest BCUT2D eigenvalue weighted by Gasteiger charge is -2.21. The number of nitrogens with zero attached hydrogens (tertiary/aromatic N) is 2. The first-order chi connectivity index (χ1) is 15.6. The molecule has 1 aromatic heterocycles. The van der Waals surface area contributed by atoms with Crippen LogP contribution in [0.5, 0.6) is 0 Å². The second-order valence-corrected chi connectivity index (χ2v) is 7.85. The molecule has 2 aliphatic heterocycles. The van der Waals surface area contributed by atoms with Crippen molar-refractivity contribution < 1.29 is 9.53 Å². The summed E-state index contributed by atoms with van der Waals surface area (Å²) in [5.41, 5.74) is 5.09. The summed E-state index contributed by atoms with van der Waals surface area (Å²) in [5, 5.41) is 7.61. The number of hydrogen-bond acceptors (Lipinski definition) is 4. The summed E-state index contributed by atoms with van der Waals surface area (Å²) < 4.78 is 6.81. The second kappa shape index (κ2) is 7.85. The lowest BCUT2D eigenvalue weighted by Crippen LogP contribution is -2.16. The van der Waals surface area contributed by atoms with Crippen molar-refractivity contribution in [3.05, 3.63) is 99.7 Å². The number of aryl methyl sites for hydroxylation is 1. The number of aromatic amines is 2. The second-order valence-electron chi connectivity index (χ2n) is 7.85. The van der Waals surface area contributed by atoms with E-state index in [1.54, 1.807) is 12.4 Å². The van der Waals surface area contributed by atoms with Crippen LogP contribution in [-0.4, -0.2) is 32.8 Å². The van der Waals surface area contributed by atoms with Crippen LogP contribution in [0.1, 0.15) is 33.1 Å². The fourth-order valence-corrected chi connectivity index (χ4v) is 4.46. The summed E-state index contributed by atoms with van der Waals surface area (Å²) in [6, 6.07) is 18.5. The number of fused-ring (bicyclic) bond motifs is 2. The Kier molecular flexibility index (Phi) is 4.86. The minimum absolute atomic E-state index is 0.0118. The molecular weight excluding hydrogens is 404 g/mol. The van der Waals surface area contributed by atoms with E-state index < -0.39 is 5.97 Å². The number of hydrogen-bond donors (Lipinski definition) is 2. The molecule has 32 heavy (non-hydrogen) atoms. The lowest BCUT2D eigenvalue weighted by atomic mass is 9.89. The number of benzene rings is 2. The van der Waals surface area contributed by atoms with Crippen molar-refractivity contribution in [3.63, 3.8) is 0 Å². The molecule has 7 heteroatoms. The highest BCUT2D eigenvalue weighted by atomic mass is 16.5. The van der Waals surface area contributed by atoms with Crippen molar-refractivity contribution in [1.82, 2.24) is 19.7 Å². The summed E-state index contributed by atoms with van der Waals surface area (Å²) in [4.78, 5) is 28.2. The monoisotopic (exact) mass is 426 g/mol. The summed E-state index contributed by atoms with van der Waals surface area (Å²) >= 11 is 0. The average molecular weight is 426 g/mol. The van der Waals surface area contributed by atoms with Crippen molar-refractivity contribution in [2.45, 2.75) is 19.4 Å². The van der Waals surface area contributed by atoms with Crippen molar-refractivity contribution in [2.24, 2.45) is 0 Å². The van der Waals surface area contributed by atoms with E-state index >= 15 is 0 Å². The van der Waals surface area contributed by atoms with Gasteiger partial charge < -0.3 is 14.3 Å². The first-order valence-corrected chi connectivity index (χ1v) is 10.4. The van der Waals surface area contributed by atoms with E-state index in [9.17, 15) is 9.59 Å². The number of pyridine rings is 1. The Hall–Kier alpha value is -4.13. The van der Waals surface area contributed by atoms with Gasteiger partial charge in [0.15, 0.2) is 0 Å². The van der Waals surface area contributed by atoms with Gasteiger partial charge in [-0.2, -0.15) is 5.10 Å². The lowest BCUT2D eigenvalue weighted by molar-refractivity contribution is 0.0600. The Bertz CT molecular complexity index is 1450. The number of rotatable bonds is 5. The highest BCUT2D eigenvalue weighted by Crippen LogP contribution is 2.35. The summed E-state index contributed by atoms with van der Waals surface area (Å²) in [6.45, 7) is 2.60. The van der Waals surface area contributed by atoms with Gasteiger partial charge in [0.25, 0.3) is 5.56 Å². The number of para-hydroxylation sites is 1. The molecule has 1 atom stereocenters. The number of nitrogens with one attached hydrogen (secondary N) is 2. The van der Waals surface area contributed by atoms with Crippen LogP contribution in [0.4, 0.5) is 0 Å². The van der Waals surface area contributed by atoms with Gasteiger partial charge in [0.1, 0.15) is 11.3 Å². The van der Waals surface area contributed by atoms with Gasteiger partial charge in [0, 0.05) is 41.5 Å². The Labute approximate surface area is 184 Å². The number of carbonyl (C=O) groups is 1. The molecule has 2 aliphatic rings. The highest BCUT2D eigenvalue weighted by Gasteiger charge is 2.25. The van der Waals surface area contributed by atoms with Crippen molar-refractivity contribution >= 4 is 16.9 Å². The van der Waals surface area contributed by atoms with Gasteiger partial charge in [-0.3, -0.25) is 4.79 Å².